The van der Waals surface area contributed by atoms with Crippen molar-refractivity contribution in [1.29, 1.82) is 0 Å². The molecule has 112 valence electrons. The topological polar surface area (TPSA) is 55.8 Å². The average molecular weight is 345 g/mol. The fraction of sp³-hybridized carbons (Fsp3) is 0.533. The number of methoxy groups -OCH3 is 1. The van der Waals surface area contributed by atoms with Crippen LogP contribution in [0.2, 0.25) is 0 Å². The molecule has 0 aliphatic rings. The van der Waals surface area contributed by atoms with Crippen molar-refractivity contribution in [2.24, 2.45) is 0 Å². The van der Waals surface area contributed by atoms with E-state index in [0.717, 1.165) is 5.56 Å². The van der Waals surface area contributed by atoms with E-state index in [1.54, 1.807) is 13.2 Å². The molecule has 0 unspecified atom stereocenters. The Morgan fingerprint density at radius 1 is 1.20 bits per heavy atom. The van der Waals surface area contributed by atoms with Crippen LogP contribution in [-0.4, -0.2) is 23.8 Å². The fourth-order valence-corrected chi connectivity index (χ4v) is 2.17. The highest BCUT2D eigenvalue weighted by molar-refractivity contribution is 9.10. The summed E-state index contributed by atoms with van der Waals surface area (Å²) in [6.45, 7) is 9.16. The van der Waals surface area contributed by atoms with Gasteiger partial charge >= 0.3 is 5.97 Å². The number of ether oxygens (including phenoxy) is 2. The molecule has 20 heavy (non-hydrogen) atoms. The summed E-state index contributed by atoms with van der Waals surface area (Å²) >= 11 is 3.44. The lowest BCUT2D eigenvalue weighted by Crippen LogP contribution is -2.38. The zero-order valence-corrected chi connectivity index (χ0v) is 14.3. The van der Waals surface area contributed by atoms with Crippen LogP contribution in [0, 0.1) is 0 Å². The molecule has 0 bridgehead atoms. The van der Waals surface area contributed by atoms with E-state index in [1.165, 1.54) is 13.8 Å². The number of benzene rings is 1. The van der Waals surface area contributed by atoms with Crippen molar-refractivity contribution in [1.82, 2.24) is 0 Å². The highest BCUT2D eigenvalue weighted by atomic mass is 79.9. The SMILES string of the molecule is COc1cc(Br)c(OC(C)(C)C(=O)O)c(C(C)(C)C)c1. The van der Waals surface area contributed by atoms with Crippen molar-refractivity contribution in [3.8, 4) is 11.5 Å². The monoisotopic (exact) mass is 344 g/mol. The zero-order chi connectivity index (χ0) is 15.7. The quantitative estimate of drug-likeness (QED) is 0.896. The third-order valence-corrected chi connectivity index (χ3v) is 3.52. The van der Waals surface area contributed by atoms with E-state index in [9.17, 15) is 9.90 Å². The van der Waals surface area contributed by atoms with E-state index < -0.39 is 11.6 Å². The first kappa shape index (κ1) is 16.8. The Balaban J connectivity index is 3.42. The van der Waals surface area contributed by atoms with Gasteiger partial charge in [-0.2, -0.15) is 0 Å². The molecule has 0 saturated heterocycles. The third kappa shape index (κ3) is 3.66. The van der Waals surface area contributed by atoms with Gasteiger partial charge in [0.2, 0.25) is 0 Å². The van der Waals surface area contributed by atoms with Gasteiger partial charge in [0.15, 0.2) is 5.60 Å². The minimum Gasteiger partial charge on any atom is -0.497 e. The molecule has 4 nitrogen and oxygen atoms in total. The number of carbonyl (C=O) groups is 1. The minimum atomic E-state index is -1.31. The fourth-order valence-electron chi connectivity index (χ4n) is 1.65. The molecule has 1 aromatic carbocycles. The van der Waals surface area contributed by atoms with E-state index in [1.807, 2.05) is 26.8 Å². The normalized spacial score (nSPS) is 12.2. The van der Waals surface area contributed by atoms with E-state index >= 15 is 0 Å². The summed E-state index contributed by atoms with van der Waals surface area (Å²) in [6, 6.07) is 3.64. The second-order valence-electron chi connectivity index (χ2n) is 6.15. The number of carboxylic acids is 1. The van der Waals surface area contributed by atoms with Gasteiger partial charge in [-0.05, 0) is 47.3 Å². The molecule has 1 N–H and O–H groups in total. The molecule has 0 radical (unpaired) electrons. The van der Waals surface area contributed by atoms with Crippen LogP contribution in [-0.2, 0) is 10.2 Å². The summed E-state index contributed by atoms with van der Waals surface area (Å²) in [5.41, 5.74) is -0.629. The summed E-state index contributed by atoms with van der Waals surface area (Å²) < 4.78 is 11.7. The molecule has 5 heteroatoms. The predicted octanol–water partition coefficient (Wildman–Crippen LogP) is 4.00. The van der Waals surface area contributed by atoms with E-state index in [0.29, 0.717) is 16.0 Å². The molecule has 1 aromatic rings. The Bertz CT molecular complexity index is 515. The lowest BCUT2D eigenvalue weighted by Gasteiger charge is -2.29. The van der Waals surface area contributed by atoms with Crippen molar-refractivity contribution in [3.05, 3.63) is 22.2 Å². The Labute approximate surface area is 128 Å². The van der Waals surface area contributed by atoms with Gasteiger partial charge in [-0.3, -0.25) is 0 Å². The average Bonchev–Trinajstić information content (AvgIpc) is 2.29. The van der Waals surface area contributed by atoms with Crippen LogP contribution in [0.4, 0.5) is 0 Å². The molecule has 0 atom stereocenters. The molecule has 0 aromatic heterocycles. The molecular formula is C15H21BrO4. The summed E-state index contributed by atoms with van der Waals surface area (Å²) in [5.74, 6) is 0.216. The number of aliphatic carboxylic acids is 1. The van der Waals surface area contributed by atoms with Crippen LogP contribution in [0.5, 0.6) is 11.5 Å². The molecule has 0 amide bonds. The molecule has 0 fully saturated rings. The Kier molecular flexibility index (Phi) is 4.74. The highest BCUT2D eigenvalue weighted by Gasteiger charge is 2.33. The Morgan fingerprint density at radius 2 is 1.75 bits per heavy atom. The minimum absolute atomic E-state index is 0.207. The van der Waals surface area contributed by atoms with E-state index in [-0.39, 0.29) is 5.41 Å². The highest BCUT2D eigenvalue weighted by Crippen LogP contribution is 2.41. The van der Waals surface area contributed by atoms with Gasteiger partial charge < -0.3 is 14.6 Å². The van der Waals surface area contributed by atoms with Crippen molar-refractivity contribution >= 4 is 21.9 Å². The first-order valence-corrected chi connectivity index (χ1v) is 7.09. The first-order chi connectivity index (χ1) is 8.99. The van der Waals surface area contributed by atoms with Gasteiger partial charge in [-0.25, -0.2) is 4.79 Å². The van der Waals surface area contributed by atoms with Gasteiger partial charge in [-0.1, -0.05) is 20.8 Å². The number of hydrogen-bond acceptors (Lipinski definition) is 3. The summed E-state index contributed by atoms with van der Waals surface area (Å²) in [7, 11) is 1.59. The van der Waals surface area contributed by atoms with Gasteiger partial charge in [0, 0.05) is 5.56 Å². The molecular weight excluding hydrogens is 324 g/mol. The molecule has 1 rings (SSSR count). The lowest BCUT2D eigenvalue weighted by molar-refractivity contribution is -0.152. The van der Waals surface area contributed by atoms with Gasteiger partial charge in [0.05, 0.1) is 11.6 Å². The smallest absolute Gasteiger partial charge is 0.347 e. The molecule has 0 saturated carbocycles. The number of hydrogen-bond donors (Lipinski definition) is 1. The molecule has 0 aliphatic carbocycles. The van der Waals surface area contributed by atoms with Crippen molar-refractivity contribution in [2.75, 3.05) is 7.11 Å². The summed E-state index contributed by atoms with van der Waals surface area (Å²) in [4.78, 5) is 11.3. The second-order valence-corrected chi connectivity index (χ2v) is 7.01. The van der Waals surface area contributed by atoms with Crippen LogP contribution < -0.4 is 9.47 Å². The second kappa shape index (κ2) is 5.64. The maximum atomic E-state index is 11.3. The molecule has 0 spiro atoms. The zero-order valence-electron chi connectivity index (χ0n) is 12.7. The van der Waals surface area contributed by atoms with Crippen LogP contribution >= 0.6 is 15.9 Å². The number of carboxylic acid groups (broad SMARTS) is 1. The van der Waals surface area contributed by atoms with E-state index in [4.69, 9.17) is 9.47 Å². The van der Waals surface area contributed by atoms with Crippen LogP contribution in [0.3, 0.4) is 0 Å². The number of halogens is 1. The lowest BCUT2D eigenvalue weighted by atomic mass is 9.86. The number of rotatable bonds is 4. The first-order valence-electron chi connectivity index (χ1n) is 6.29. The van der Waals surface area contributed by atoms with Gasteiger partial charge in [0.1, 0.15) is 11.5 Å². The van der Waals surface area contributed by atoms with Crippen molar-refractivity contribution < 1.29 is 19.4 Å². The Hall–Kier alpha value is -1.23. The van der Waals surface area contributed by atoms with E-state index in [2.05, 4.69) is 15.9 Å². The van der Waals surface area contributed by atoms with Crippen LogP contribution in [0.25, 0.3) is 0 Å². The van der Waals surface area contributed by atoms with Crippen molar-refractivity contribution in [3.63, 3.8) is 0 Å². The maximum Gasteiger partial charge on any atom is 0.347 e. The standard InChI is InChI=1S/C15H21BrO4/c1-14(2,3)10-7-9(19-6)8-11(16)12(10)20-15(4,5)13(17)18/h7-8H,1-6H3,(H,17,18). The molecule has 0 heterocycles. The third-order valence-electron chi connectivity index (χ3n) is 2.93. The maximum absolute atomic E-state index is 11.3. The van der Waals surface area contributed by atoms with Crippen LogP contribution in [0.1, 0.15) is 40.2 Å². The van der Waals surface area contributed by atoms with Gasteiger partial charge in [-0.15, -0.1) is 0 Å². The van der Waals surface area contributed by atoms with Crippen LogP contribution in [0.15, 0.2) is 16.6 Å². The molecule has 0 aliphatic heterocycles. The van der Waals surface area contributed by atoms with Crippen molar-refractivity contribution in [2.45, 2.75) is 45.6 Å². The largest absolute Gasteiger partial charge is 0.497 e. The summed E-state index contributed by atoms with van der Waals surface area (Å²) in [5, 5.41) is 9.22. The van der Waals surface area contributed by atoms with Gasteiger partial charge in [0.25, 0.3) is 0 Å². The predicted molar refractivity (Wildman–Crippen MR) is 81.7 cm³/mol. The Morgan fingerprint density at radius 3 is 2.15 bits per heavy atom. The summed E-state index contributed by atoms with van der Waals surface area (Å²) in [6.07, 6.45) is 0.